The van der Waals surface area contributed by atoms with E-state index in [4.69, 9.17) is 5.73 Å². The predicted octanol–water partition coefficient (Wildman–Crippen LogP) is 3.29. The molecular formula is C17H10BrN3O2S. The molecule has 5 nitrogen and oxygen atoms in total. The summed E-state index contributed by atoms with van der Waals surface area (Å²) in [5, 5.41) is 0. The second kappa shape index (κ2) is 5.54. The highest BCUT2D eigenvalue weighted by Gasteiger charge is 2.15. The molecule has 7 heteroatoms. The number of ketones is 1. The Hall–Kier alpha value is -2.51. The van der Waals surface area contributed by atoms with Gasteiger partial charge >= 0.3 is 0 Å². The number of anilines is 1. The average molecular weight is 400 g/mol. The molecule has 4 rings (SSSR count). The highest BCUT2D eigenvalue weighted by molar-refractivity contribution is 9.12. The number of nitrogens with zero attached hydrogens (tertiary/aromatic N) is 2. The van der Waals surface area contributed by atoms with E-state index in [2.05, 4.69) is 20.9 Å². The predicted molar refractivity (Wildman–Crippen MR) is 100 cm³/mol. The second-order valence-corrected chi connectivity index (χ2v) is 7.10. The lowest BCUT2D eigenvalue weighted by atomic mass is 10.1. The van der Waals surface area contributed by atoms with Gasteiger partial charge in [0.05, 0.1) is 20.3 Å². The summed E-state index contributed by atoms with van der Waals surface area (Å²) in [4.78, 5) is 28.6. The van der Waals surface area contributed by atoms with E-state index < -0.39 is 0 Å². The molecule has 1 aromatic carbocycles. The van der Waals surface area contributed by atoms with Crippen LogP contribution in [0, 0.1) is 0 Å². The molecular weight excluding hydrogens is 390 g/mol. The van der Waals surface area contributed by atoms with Gasteiger partial charge in [0.15, 0.2) is 10.7 Å². The van der Waals surface area contributed by atoms with Gasteiger partial charge in [0.1, 0.15) is 5.82 Å². The molecule has 0 bridgehead atoms. The third-order valence-electron chi connectivity index (χ3n) is 3.71. The number of benzene rings is 1. The maximum absolute atomic E-state index is 12.4. The number of nitrogens with two attached hydrogens (primary N) is 1. The van der Waals surface area contributed by atoms with E-state index >= 15 is 0 Å². The molecule has 1 aliphatic carbocycles. The molecule has 2 N–H and O–H groups in total. The Morgan fingerprint density at radius 3 is 2.79 bits per heavy atom. The van der Waals surface area contributed by atoms with E-state index in [1.54, 1.807) is 22.6 Å². The lowest BCUT2D eigenvalue weighted by molar-refractivity contribution is -0.110. The van der Waals surface area contributed by atoms with Crippen molar-refractivity contribution in [3.63, 3.8) is 0 Å². The smallest absolute Gasteiger partial charge is 0.283 e. The zero-order valence-electron chi connectivity index (χ0n) is 12.2. The molecule has 118 valence electrons. The van der Waals surface area contributed by atoms with Gasteiger partial charge in [-0.3, -0.25) is 14.0 Å². The molecule has 0 saturated heterocycles. The molecule has 0 radical (unpaired) electrons. The summed E-state index contributed by atoms with van der Waals surface area (Å²) in [6, 6.07) is 7.75. The van der Waals surface area contributed by atoms with Gasteiger partial charge in [-0.05, 0) is 51.9 Å². The van der Waals surface area contributed by atoms with Crippen molar-refractivity contribution in [2.75, 3.05) is 5.73 Å². The molecule has 1 aliphatic rings. The number of allylic oxidation sites excluding steroid dienone is 5. The van der Waals surface area contributed by atoms with Gasteiger partial charge in [-0.2, -0.15) is 4.98 Å². The number of rotatable bonds is 1. The van der Waals surface area contributed by atoms with E-state index in [1.807, 2.05) is 24.3 Å². The standard InChI is InChI=1S/C17H10BrN3O2S/c18-11-8-9(5-6-13(11)22)7-10-15(19)21-12-3-1-2-4-14(12)24-17(21)20-16(10)23/h1-8H,19H2. The topological polar surface area (TPSA) is 77.5 Å². The fourth-order valence-corrected chi connectivity index (χ4v) is 3.99. The molecule has 0 spiro atoms. The van der Waals surface area contributed by atoms with Crippen LogP contribution in [-0.4, -0.2) is 15.2 Å². The second-order valence-electron chi connectivity index (χ2n) is 5.24. The number of halogens is 1. The maximum atomic E-state index is 12.4. The van der Waals surface area contributed by atoms with Crippen molar-refractivity contribution >= 4 is 60.1 Å². The maximum Gasteiger partial charge on any atom is 0.283 e. The van der Waals surface area contributed by atoms with Crippen LogP contribution in [0.2, 0.25) is 0 Å². The fraction of sp³-hybridized carbons (Fsp3) is 0. The normalized spacial score (nSPS) is 16.3. The number of fused-ring (bicyclic) bond motifs is 3. The van der Waals surface area contributed by atoms with Gasteiger partial charge in [0, 0.05) is 0 Å². The lowest BCUT2D eigenvalue weighted by Crippen LogP contribution is -2.16. The van der Waals surface area contributed by atoms with Crippen molar-refractivity contribution in [2.24, 2.45) is 0 Å². The van der Waals surface area contributed by atoms with Crippen molar-refractivity contribution in [1.29, 1.82) is 0 Å². The Morgan fingerprint density at radius 1 is 1.21 bits per heavy atom. The molecule has 0 unspecified atom stereocenters. The molecule has 0 aliphatic heterocycles. The Balaban J connectivity index is 2.00. The Kier molecular flexibility index (Phi) is 3.47. The van der Waals surface area contributed by atoms with E-state index in [0.717, 1.165) is 10.2 Å². The molecule has 0 saturated carbocycles. The summed E-state index contributed by atoms with van der Waals surface area (Å²) >= 11 is 4.62. The van der Waals surface area contributed by atoms with Crippen LogP contribution in [0.1, 0.15) is 5.56 Å². The van der Waals surface area contributed by atoms with E-state index in [0.29, 0.717) is 26.4 Å². The van der Waals surface area contributed by atoms with Gasteiger partial charge in [-0.1, -0.05) is 29.5 Å². The van der Waals surface area contributed by atoms with Crippen molar-refractivity contribution < 1.29 is 4.79 Å². The summed E-state index contributed by atoms with van der Waals surface area (Å²) in [7, 11) is 0. The Labute approximate surface area is 148 Å². The minimum atomic E-state index is -0.388. The molecule has 2 heterocycles. The minimum Gasteiger partial charge on any atom is -0.384 e. The van der Waals surface area contributed by atoms with Crippen molar-refractivity contribution in [2.45, 2.75) is 0 Å². The quantitative estimate of drug-likeness (QED) is 0.680. The number of carbonyl (C=O) groups excluding carboxylic acids is 1. The molecule has 0 amide bonds. The number of hydrogen-bond donors (Lipinski definition) is 1. The molecule has 0 atom stereocenters. The molecule has 2 aromatic heterocycles. The van der Waals surface area contributed by atoms with Crippen LogP contribution in [0.5, 0.6) is 0 Å². The fourth-order valence-electron chi connectivity index (χ4n) is 2.57. The van der Waals surface area contributed by atoms with Crippen LogP contribution in [0.4, 0.5) is 5.82 Å². The summed E-state index contributed by atoms with van der Waals surface area (Å²) < 4.78 is 3.22. The average Bonchev–Trinajstić information content (AvgIpc) is 2.92. The zero-order valence-corrected chi connectivity index (χ0v) is 14.6. The van der Waals surface area contributed by atoms with Crippen molar-refractivity contribution in [3.05, 3.63) is 68.5 Å². The first-order valence-corrected chi connectivity index (χ1v) is 8.66. The van der Waals surface area contributed by atoms with E-state index in [-0.39, 0.29) is 11.3 Å². The molecule has 0 fully saturated rings. The van der Waals surface area contributed by atoms with Crippen LogP contribution >= 0.6 is 27.3 Å². The van der Waals surface area contributed by atoms with Gasteiger partial charge in [-0.15, -0.1) is 0 Å². The highest BCUT2D eigenvalue weighted by atomic mass is 79.9. The van der Waals surface area contributed by atoms with Gasteiger partial charge < -0.3 is 5.73 Å². The Morgan fingerprint density at radius 2 is 2.00 bits per heavy atom. The lowest BCUT2D eigenvalue weighted by Gasteiger charge is -2.07. The molecule has 24 heavy (non-hydrogen) atoms. The van der Waals surface area contributed by atoms with Crippen molar-refractivity contribution in [1.82, 2.24) is 9.38 Å². The first-order valence-electron chi connectivity index (χ1n) is 7.05. The van der Waals surface area contributed by atoms with Crippen LogP contribution in [0.25, 0.3) is 21.3 Å². The number of hydrogen-bond acceptors (Lipinski definition) is 5. The van der Waals surface area contributed by atoms with Crippen LogP contribution < -0.4 is 11.3 Å². The van der Waals surface area contributed by atoms with Crippen LogP contribution in [0.3, 0.4) is 0 Å². The number of aromatic nitrogens is 2. The SMILES string of the molecule is Nc1c(C=C2C=CC(=O)C(Br)=C2)c(=O)nc2sc3ccccc3n12. The third kappa shape index (κ3) is 2.33. The third-order valence-corrected chi connectivity index (χ3v) is 5.35. The minimum absolute atomic E-state index is 0.116. The van der Waals surface area contributed by atoms with E-state index in [1.165, 1.54) is 17.4 Å². The summed E-state index contributed by atoms with van der Waals surface area (Å²) in [6.07, 6.45) is 6.39. The number of para-hydroxylation sites is 1. The van der Waals surface area contributed by atoms with E-state index in [9.17, 15) is 9.59 Å². The number of nitrogen functional groups attached to an aromatic ring is 1. The summed E-state index contributed by atoms with van der Waals surface area (Å²) in [5.41, 5.74) is 7.80. The van der Waals surface area contributed by atoms with Crippen molar-refractivity contribution in [3.8, 4) is 0 Å². The van der Waals surface area contributed by atoms with Gasteiger partial charge in [0.2, 0.25) is 0 Å². The largest absolute Gasteiger partial charge is 0.384 e. The zero-order chi connectivity index (χ0) is 16.8. The highest BCUT2D eigenvalue weighted by Crippen LogP contribution is 2.28. The monoisotopic (exact) mass is 399 g/mol. The first-order chi connectivity index (χ1) is 11.5. The van der Waals surface area contributed by atoms with Crippen LogP contribution in [0.15, 0.2) is 57.3 Å². The van der Waals surface area contributed by atoms with Gasteiger partial charge in [-0.25, -0.2) is 0 Å². The summed E-state index contributed by atoms with van der Waals surface area (Å²) in [5.74, 6) is 0.221. The summed E-state index contributed by atoms with van der Waals surface area (Å²) in [6.45, 7) is 0. The van der Waals surface area contributed by atoms with Gasteiger partial charge in [0.25, 0.3) is 5.56 Å². The Bertz CT molecular complexity index is 1170. The number of thiazole rings is 1. The van der Waals surface area contributed by atoms with Crippen LogP contribution in [-0.2, 0) is 4.79 Å². The molecule has 3 aromatic rings. The first kappa shape index (κ1) is 15.0. The number of carbonyl (C=O) groups is 1.